The second kappa shape index (κ2) is 4.71. The van der Waals surface area contributed by atoms with Crippen LogP contribution in [-0.2, 0) is 4.79 Å². The van der Waals surface area contributed by atoms with Gasteiger partial charge in [0.1, 0.15) is 0 Å². The van der Waals surface area contributed by atoms with Crippen molar-refractivity contribution in [2.45, 2.75) is 19.1 Å². The van der Waals surface area contributed by atoms with E-state index in [-0.39, 0.29) is 17.1 Å². The number of carbonyl (C=O) groups is 2. The minimum atomic E-state index is -0.319. The van der Waals surface area contributed by atoms with Crippen molar-refractivity contribution in [3.63, 3.8) is 0 Å². The monoisotopic (exact) mass is 248 g/mol. The van der Waals surface area contributed by atoms with Crippen LogP contribution in [-0.4, -0.2) is 22.2 Å². The second-order valence-corrected chi connectivity index (χ2v) is 5.12. The summed E-state index contributed by atoms with van der Waals surface area (Å²) in [6.07, 6.45) is 0. The van der Waals surface area contributed by atoms with E-state index in [0.717, 1.165) is 5.56 Å². The molecule has 1 aliphatic rings. The number of hydrogen-bond acceptors (Lipinski definition) is 3. The fraction of sp³-hybridized carbons (Fsp3) is 0.250. The lowest BCUT2D eigenvalue weighted by Gasteiger charge is -2.00. The maximum atomic E-state index is 11.9. The van der Waals surface area contributed by atoms with Gasteiger partial charge in [0, 0.05) is 5.56 Å². The average Bonchev–Trinajstić information content (AvgIpc) is 2.58. The van der Waals surface area contributed by atoms with Crippen molar-refractivity contribution in [2.75, 3.05) is 0 Å². The first-order valence-corrected chi connectivity index (χ1v) is 6.12. The van der Waals surface area contributed by atoms with Crippen molar-refractivity contribution in [1.29, 1.82) is 0 Å². The molecule has 17 heavy (non-hydrogen) atoms. The highest BCUT2D eigenvalue weighted by molar-refractivity contribution is 8.15. The van der Waals surface area contributed by atoms with Crippen LogP contribution < -0.4 is 5.32 Å². The van der Waals surface area contributed by atoms with Gasteiger partial charge in [-0.25, -0.2) is 0 Å². The highest BCUT2D eigenvalue weighted by Gasteiger charge is 2.26. The van der Waals surface area contributed by atoms with Crippen molar-refractivity contribution in [2.24, 2.45) is 4.99 Å². The van der Waals surface area contributed by atoms with E-state index >= 15 is 0 Å². The molecule has 1 atom stereocenters. The third kappa shape index (κ3) is 2.55. The van der Waals surface area contributed by atoms with Crippen LogP contribution in [0.4, 0.5) is 0 Å². The van der Waals surface area contributed by atoms with Crippen LogP contribution in [0.2, 0.25) is 0 Å². The van der Waals surface area contributed by atoms with Crippen LogP contribution in [0.5, 0.6) is 0 Å². The normalized spacial score (nSPS) is 21.6. The van der Waals surface area contributed by atoms with Gasteiger partial charge >= 0.3 is 0 Å². The number of aliphatic imine (C=N–C) groups is 1. The summed E-state index contributed by atoms with van der Waals surface area (Å²) in [5, 5.41) is 2.78. The van der Waals surface area contributed by atoms with E-state index in [4.69, 9.17) is 0 Å². The summed E-state index contributed by atoms with van der Waals surface area (Å²) in [7, 11) is 0. The van der Waals surface area contributed by atoms with Gasteiger partial charge in [-0.2, -0.15) is 4.99 Å². The van der Waals surface area contributed by atoms with Crippen molar-refractivity contribution in [3.8, 4) is 0 Å². The number of hydrogen-bond donors (Lipinski definition) is 1. The summed E-state index contributed by atoms with van der Waals surface area (Å²) in [4.78, 5) is 27.0. The average molecular weight is 248 g/mol. The Balaban J connectivity index is 2.21. The van der Waals surface area contributed by atoms with Gasteiger partial charge in [0.2, 0.25) is 5.91 Å². The minimum absolute atomic E-state index is 0.105. The Morgan fingerprint density at radius 2 is 2.12 bits per heavy atom. The zero-order valence-electron chi connectivity index (χ0n) is 9.56. The summed E-state index contributed by atoms with van der Waals surface area (Å²) >= 11 is 1.27. The van der Waals surface area contributed by atoms with Gasteiger partial charge in [0.25, 0.3) is 5.91 Å². The maximum absolute atomic E-state index is 11.9. The van der Waals surface area contributed by atoms with E-state index in [1.807, 2.05) is 19.1 Å². The molecule has 2 rings (SSSR count). The fourth-order valence-electron chi connectivity index (χ4n) is 1.48. The molecule has 0 aromatic heterocycles. The lowest BCUT2D eigenvalue weighted by molar-refractivity contribution is -0.118. The number of thioether (sulfide) groups is 1. The molecule has 0 aliphatic carbocycles. The Hall–Kier alpha value is -1.62. The molecule has 4 nitrogen and oxygen atoms in total. The highest BCUT2D eigenvalue weighted by Crippen LogP contribution is 2.19. The Morgan fingerprint density at radius 3 is 2.71 bits per heavy atom. The zero-order chi connectivity index (χ0) is 12.4. The molecule has 2 amide bonds. The number of rotatable bonds is 1. The summed E-state index contributed by atoms with van der Waals surface area (Å²) in [6.45, 7) is 3.64. The van der Waals surface area contributed by atoms with Crippen LogP contribution in [0.25, 0.3) is 0 Å². The Labute approximate surface area is 104 Å². The Morgan fingerprint density at radius 1 is 1.41 bits per heavy atom. The first kappa shape index (κ1) is 11.9. The van der Waals surface area contributed by atoms with Crippen molar-refractivity contribution >= 4 is 28.7 Å². The summed E-state index contributed by atoms with van der Waals surface area (Å²) in [6, 6.07) is 7.25. The number of nitrogens with one attached hydrogen (secondary N) is 1. The molecule has 0 saturated carbocycles. The molecule has 1 heterocycles. The van der Waals surface area contributed by atoms with Crippen LogP contribution >= 0.6 is 11.8 Å². The molecule has 1 fully saturated rings. The summed E-state index contributed by atoms with van der Waals surface area (Å²) in [5.41, 5.74) is 1.44. The zero-order valence-corrected chi connectivity index (χ0v) is 10.4. The van der Waals surface area contributed by atoms with Gasteiger partial charge in [-0.1, -0.05) is 30.0 Å². The lowest BCUT2D eigenvalue weighted by Crippen LogP contribution is -2.23. The molecule has 1 N–H and O–H groups in total. The van der Waals surface area contributed by atoms with E-state index in [9.17, 15) is 9.59 Å². The summed E-state index contributed by atoms with van der Waals surface area (Å²) < 4.78 is 0. The van der Waals surface area contributed by atoms with E-state index in [0.29, 0.717) is 10.7 Å². The molecule has 88 valence electrons. The molecular weight excluding hydrogens is 236 g/mol. The van der Waals surface area contributed by atoms with E-state index in [1.165, 1.54) is 11.8 Å². The topological polar surface area (TPSA) is 58.5 Å². The van der Waals surface area contributed by atoms with E-state index in [2.05, 4.69) is 10.3 Å². The number of carbonyl (C=O) groups excluding carboxylic acids is 2. The maximum Gasteiger partial charge on any atom is 0.279 e. The largest absolute Gasteiger partial charge is 0.304 e. The molecule has 1 aromatic carbocycles. The number of amidine groups is 1. The molecule has 1 aliphatic heterocycles. The highest BCUT2D eigenvalue weighted by atomic mass is 32.2. The fourth-order valence-corrected chi connectivity index (χ4v) is 2.27. The quantitative estimate of drug-likeness (QED) is 0.823. The number of nitrogens with zero attached hydrogens (tertiary/aromatic N) is 1. The molecule has 0 unspecified atom stereocenters. The molecule has 1 aromatic rings. The van der Waals surface area contributed by atoms with Crippen molar-refractivity contribution in [1.82, 2.24) is 5.32 Å². The number of amides is 2. The smallest absolute Gasteiger partial charge is 0.279 e. The van der Waals surface area contributed by atoms with Crippen molar-refractivity contribution in [3.05, 3.63) is 35.4 Å². The third-order valence-electron chi connectivity index (χ3n) is 2.47. The van der Waals surface area contributed by atoms with Gasteiger partial charge in [-0.15, -0.1) is 0 Å². The van der Waals surface area contributed by atoms with Crippen LogP contribution in [0.1, 0.15) is 22.8 Å². The van der Waals surface area contributed by atoms with Crippen LogP contribution in [0.3, 0.4) is 0 Å². The summed E-state index contributed by atoms with van der Waals surface area (Å²) in [5.74, 6) is -0.425. The molecule has 0 bridgehead atoms. The van der Waals surface area contributed by atoms with Gasteiger partial charge < -0.3 is 5.32 Å². The predicted molar refractivity (Wildman–Crippen MR) is 68.1 cm³/mol. The van der Waals surface area contributed by atoms with Gasteiger partial charge in [0.15, 0.2) is 5.17 Å². The molecule has 1 saturated heterocycles. The Kier molecular flexibility index (Phi) is 3.28. The van der Waals surface area contributed by atoms with Gasteiger partial charge in [-0.05, 0) is 25.5 Å². The van der Waals surface area contributed by atoms with E-state index in [1.54, 1.807) is 19.1 Å². The first-order valence-electron chi connectivity index (χ1n) is 5.24. The number of benzene rings is 1. The molecule has 0 spiro atoms. The molecule has 0 radical (unpaired) electrons. The SMILES string of the molecule is Cc1ccccc1C(=O)N=C1NC(=O)[C@@H](C)S1. The molecule has 5 heteroatoms. The Bertz CT molecular complexity index is 511. The predicted octanol–water partition coefficient (Wildman–Crippen LogP) is 1.74. The standard InChI is InChI=1S/C12H12N2O2S/c1-7-5-3-4-6-9(7)11(16)14-12-13-10(15)8(2)17-12/h3-6,8H,1-2H3,(H,13,14,15,16)/t8-/m1/s1. The first-order chi connectivity index (χ1) is 8.08. The van der Waals surface area contributed by atoms with Gasteiger partial charge in [0.05, 0.1) is 5.25 Å². The van der Waals surface area contributed by atoms with Crippen LogP contribution in [0, 0.1) is 6.92 Å². The van der Waals surface area contributed by atoms with E-state index < -0.39 is 0 Å². The number of aryl methyl sites for hydroxylation is 1. The minimum Gasteiger partial charge on any atom is -0.304 e. The second-order valence-electron chi connectivity index (χ2n) is 3.79. The molecular formula is C12H12N2O2S. The van der Waals surface area contributed by atoms with Crippen molar-refractivity contribution < 1.29 is 9.59 Å². The van der Waals surface area contributed by atoms with Crippen LogP contribution in [0.15, 0.2) is 29.3 Å². The third-order valence-corrected chi connectivity index (χ3v) is 3.45. The van der Waals surface area contributed by atoms with Gasteiger partial charge in [-0.3, -0.25) is 9.59 Å². The lowest BCUT2D eigenvalue weighted by atomic mass is 10.1.